The molecule has 1 fully saturated rings. The van der Waals surface area contributed by atoms with Gasteiger partial charge in [0.2, 0.25) is 0 Å². The summed E-state index contributed by atoms with van der Waals surface area (Å²) in [5.41, 5.74) is 0. The fourth-order valence-corrected chi connectivity index (χ4v) is 1.93. The molecule has 17 heavy (non-hydrogen) atoms. The van der Waals surface area contributed by atoms with Crippen LogP contribution in [0.25, 0.3) is 0 Å². The number of hydrogen-bond donors (Lipinski definition) is 1. The van der Waals surface area contributed by atoms with Gasteiger partial charge < -0.3 is 14.9 Å². The highest BCUT2D eigenvalue weighted by molar-refractivity contribution is 5.80. The zero-order chi connectivity index (χ0) is 12.7. The smallest absolute Gasteiger partial charge is 0.323 e. The van der Waals surface area contributed by atoms with Gasteiger partial charge in [-0.15, -0.1) is 6.42 Å². The van der Waals surface area contributed by atoms with E-state index in [4.69, 9.17) is 11.5 Å². The van der Waals surface area contributed by atoms with Crippen molar-refractivity contribution in [1.82, 2.24) is 9.80 Å². The number of carboxylic acids is 1. The number of carboxylic acid groups (broad SMARTS) is 1. The lowest BCUT2D eigenvalue weighted by molar-refractivity contribution is -0.137. The Morgan fingerprint density at radius 3 is 2.29 bits per heavy atom. The molecular weight excluding hydrogens is 220 g/mol. The van der Waals surface area contributed by atoms with E-state index >= 15 is 0 Å². The molecule has 1 aliphatic heterocycles. The maximum Gasteiger partial charge on any atom is 0.323 e. The standard InChI is InChI=1S/C12H18N2O3/c1-2-7-14(10-11(15)16)12(17)13-8-5-3-4-6-9-13/h1H,3-10H2,(H,15,16). The quantitative estimate of drug-likeness (QED) is 0.746. The van der Waals surface area contributed by atoms with Gasteiger partial charge in [0.05, 0.1) is 6.54 Å². The second-order valence-electron chi connectivity index (χ2n) is 4.14. The number of terminal acetylenes is 1. The number of nitrogens with zero attached hydrogens (tertiary/aromatic N) is 2. The third-order valence-corrected chi connectivity index (χ3v) is 2.76. The summed E-state index contributed by atoms with van der Waals surface area (Å²) < 4.78 is 0. The molecule has 0 bridgehead atoms. The Kier molecular flexibility index (Phi) is 5.34. The third-order valence-electron chi connectivity index (χ3n) is 2.76. The second kappa shape index (κ2) is 6.79. The zero-order valence-electron chi connectivity index (χ0n) is 9.89. The van der Waals surface area contributed by atoms with E-state index < -0.39 is 5.97 Å². The first-order chi connectivity index (χ1) is 8.15. The van der Waals surface area contributed by atoms with E-state index in [2.05, 4.69) is 5.92 Å². The molecule has 5 nitrogen and oxygen atoms in total. The molecular formula is C12H18N2O3. The predicted molar refractivity (Wildman–Crippen MR) is 63.5 cm³/mol. The molecule has 1 saturated heterocycles. The Bertz CT molecular complexity index is 314. The molecule has 0 atom stereocenters. The summed E-state index contributed by atoms with van der Waals surface area (Å²) in [6.07, 6.45) is 9.34. The van der Waals surface area contributed by atoms with Crippen molar-refractivity contribution in [3.05, 3.63) is 0 Å². The third kappa shape index (κ3) is 4.35. The molecule has 0 radical (unpaired) electrons. The molecule has 0 aromatic carbocycles. The summed E-state index contributed by atoms with van der Waals surface area (Å²) >= 11 is 0. The summed E-state index contributed by atoms with van der Waals surface area (Å²) in [4.78, 5) is 25.6. The van der Waals surface area contributed by atoms with Gasteiger partial charge in [0.1, 0.15) is 6.54 Å². The lowest BCUT2D eigenvalue weighted by atomic mass is 10.2. The lowest BCUT2D eigenvalue weighted by Crippen LogP contribution is -2.45. The number of rotatable bonds is 3. The van der Waals surface area contributed by atoms with Gasteiger partial charge in [0.15, 0.2) is 0 Å². The van der Waals surface area contributed by atoms with Crippen molar-refractivity contribution in [3.63, 3.8) is 0 Å². The van der Waals surface area contributed by atoms with Crippen LogP contribution in [0, 0.1) is 12.3 Å². The minimum absolute atomic E-state index is 0.0433. The molecule has 2 amide bonds. The molecule has 0 aromatic heterocycles. The van der Waals surface area contributed by atoms with Crippen LogP contribution in [0.3, 0.4) is 0 Å². The van der Waals surface area contributed by atoms with Crippen molar-refractivity contribution in [2.75, 3.05) is 26.2 Å². The number of aliphatic carboxylic acids is 1. The number of amides is 2. The van der Waals surface area contributed by atoms with Gasteiger partial charge in [-0.25, -0.2) is 4.79 Å². The SMILES string of the molecule is C#CCN(CC(=O)O)C(=O)N1CCCCCC1. The molecule has 0 unspecified atom stereocenters. The van der Waals surface area contributed by atoms with E-state index in [1.54, 1.807) is 4.90 Å². The molecule has 5 heteroatoms. The summed E-state index contributed by atoms with van der Waals surface area (Å²) in [6, 6.07) is -0.257. The number of carbonyl (C=O) groups excluding carboxylic acids is 1. The van der Waals surface area contributed by atoms with Gasteiger partial charge in [0, 0.05) is 13.1 Å². The van der Waals surface area contributed by atoms with Crippen LogP contribution in [0.5, 0.6) is 0 Å². The normalized spacial score (nSPS) is 15.8. The summed E-state index contributed by atoms with van der Waals surface area (Å²) in [6.45, 7) is 1.10. The average Bonchev–Trinajstić information content (AvgIpc) is 2.55. The summed E-state index contributed by atoms with van der Waals surface area (Å²) in [5.74, 6) is 1.29. The van der Waals surface area contributed by atoms with Crippen molar-refractivity contribution >= 4 is 12.0 Å². The van der Waals surface area contributed by atoms with Crippen molar-refractivity contribution in [2.45, 2.75) is 25.7 Å². The molecule has 0 spiro atoms. The highest BCUT2D eigenvalue weighted by atomic mass is 16.4. The summed E-state index contributed by atoms with van der Waals surface area (Å²) in [7, 11) is 0. The van der Waals surface area contributed by atoms with E-state index in [1.165, 1.54) is 4.90 Å². The van der Waals surface area contributed by atoms with E-state index in [0.29, 0.717) is 13.1 Å². The Hall–Kier alpha value is -1.70. The largest absolute Gasteiger partial charge is 0.480 e. The highest BCUT2D eigenvalue weighted by Gasteiger charge is 2.22. The molecule has 1 N–H and O–H groups in total. The highest BCUT2D eigenvalue weighted by Crippen LogP contribution is 2.11. The zero-order valence-corrected chi connectivity index (χ0v) is 9.89. The first kappa shape index (κ1) is 13.4. The number of hydrogen-bond acceptors (Lipinski definition) is 2. The molecule has 0 aromatic rings. The Balaban J connectivity index is 2.61. The minimum Gasteiger partial charge on any atom is -0.480 e. The van der Waals surface area contributed by atoms with Gasteiger partial charge in [0.25, 0.3) is 0 Å². The molecule has 94 valence electrons. The van der Waals surface area contributed by atoms with Gasteiger partial charge in [-0.3, -0.25) is 4.79 Å². The van der Waals surface area contributed by atoms with E-state index in [-0.39, 0.29) is 19.1 Å². The van der Waals surface area contributed by atoms with E-state index in [9.17, 15) is 9.59 Å². The Morgan fingerprint density at radius 1 is 1.24 bits per heavy atom. The van der Waals surface area contributed by atoms with Crippen LogP contribution in [0.4, 0.5) is 4.79 Å². The van der Waals surface area contributed by atoms with Crippen LogP contribution < -0.4 is 0 Å². The van der Waals surface area contributed by atoms with Crippen molar-refractivity contribution in [1.29, 1.82) is 0 Å². The lowest BCUT2D eigenvalue weighted by Gasteiger charge is -2.27. The Labute approximate surface area is 101 Å². The van der Waals surface area contributed by atoms with Crippen molar-refractivity contribution in [2.24, 2.45) is 0 Å². The van der Waals surface area contributed by atoms with Gasteiger partial charge in [-0.05, 0) is 12.8 Å². The fourth-order valence-electron chi connectivity index (χ4n) is 1.93. The van der Waals surface area contributed by atoms with Crippen molar-refractivity contribution in [3.8, 4) is 12.3 Å². The average molecular weight is 238 g/mol. The molecule has 0 saturated carbocycles. The first-order valence-corrected chi connectivity index (χ1v) is 5.84. The monoisotopic (exact) mass is 238 g/mol. The van der Waals surface area contributed by atoms with Crippen LogP contribution in [0.2, 0.25) is 0 Å². The van der Waals surface area contributed by atoms with Gasteiger partial charge in [-0.2, -0.15) is 0 Å². The van der Waals surface area contributed by atoms with Crippen LogP contribution in [-0.2, 0) is 4.79 Å². The molecule has 1 heterocycles. The van der Waals surface area contributed by atoms with Gasteiger partial charge in [-0.1, -0.05) is 18.8 Å². The van der Waals surface area contributed by atoms with E-state index in [1.807, 2.05) is 0 Å². The Morgan fingerprint density at radius 2 is 1.82 bits per heavy atom. The van der Waals surface area contributed by atoms with Crippen LogP contribution in [-0.4, -0.2) is 53.1 Å². The van der Waals surface area contributed by atoms with Crippen LogP contribution in [0.15, 0.2) is 0 Å². The maximum atomic E-state index is 12.1. The van der Waals surface area contributed by atoms with Crippen LogP contribution in [0.1, 0.15) is 25.7 Å². The maximum absolute atomic E-state index is 12.1. The number of carbonyl (C=O) groups is 2. The van der Waals surface area contributed by atoms with E-state index in [0.717, 1.165) is 25.7 Å². The topological polar surface area (TPSA) is 60.9 Å². The molecule has 0 aliphatic carbocycles. The molecule has 1 rings (SSSR count). The second-order valence-corrected chi connectivity index (χ2v) is 4.14. The van der Waals surface area contributed by atoms with Gasteiger partial charge >= 0.3 is 12.0 Å². The number of likely N-dealkylation sites (tertiary alicyclic amines) is 1. The van der Waals surface area contributed by atoms with Crippen molar-refractivity contribution < 1.29 is 14.7 Å². The van der Waals surface area contributed by atoms with Crippen LogP contribution >= 0.6 is 0 Å². The number of urea groups is 1. The predicted octanol–water partition coefficient (Wildman–Crippen LogP) is 1.00. The summed E-state index contributed by atoms with van der Waals surface area (Å²) in [5, 5.41) is 8.73. The first-order valence-electron chi connectivity index (χ1n) is 5.84. The fraction of sp³-hybridized carbons (Fsp3) is 0.667. The minimum atomic E-state index is -1.04. The molecule has 1 aliphatic rings.